The molecule has 0 spiro atoms. The third-order valence-corrected chi connectivity index (χ3v) is 4.15. The zero-order valence-corrected chi connectivity index (χ0v) is 12.1. The zero-order valence-electron chi connectivity index (χ0n) is 12.1. The van der Waals surface area contributed by atoms with Gasteiger partial charge >= 0.3 is 5.97 Å². The summed E-state index contributed by atoms with van der Waals surface area (Å²) in [6.45, 7) is 2.06. The molecule has 5 heteroatoms. The second-order valence-corrected chi connectivity index (χ2v) is 5.33. The van der Waals surface area contributed by atoms with Crippen LogP contribution >= 0.6 is 0 Å². The molecule has 5 nitrogen and oxygen atoms in total. The molecule has 21 heavy (non-hydrogen) atoms. The summed E-state index contributed by atoms with van der Waals surface area (Å²) < 4.78 is 4.72. The Hall–Kier alpha value is -2.30. The third-order valence-electron chi connectivity index (χ3n) is 4.15. The largest absolute Gasteiger partial charge is 0.465 e. The smallest absolute Gasteiger partial charge is 0.337 e. The van der Waals surface area contributed by atoms with Crippen LogP contribution in [0.1, 0.15) is 34.7 Å². The van der Waals surface area contributed by atoms with Crippen molar-refractivity contribution in [3.05, 3.63) is 47.8 Å². The van der Waals surface area contributed by atoms with Crippen molar-refractivity contribution in [1.29, 1.82) is 0 Å². The number of benzene rings is 1. The van der Waals surface area contributed by atoms with Crippen molar-refractivity contribution in [3.63, 3.8) is 0 Å². The summed E-state index contributed by atoms with van der Waals surface area (Å²) in [5.41, 5.74) is 3.07. The number of aromatic nitrogens is 2. The molecule has 110 valence electrons. The number of piperidine rings is 1. The fraction of sp³-hybridized carbons (Fsp3) is 0.375. The van der Waals surface area contributed by atoms with Crippen molar-refractivity contribution < 1.29 is 9.53 Å². The van der Waals surface area contributed by atoms with Crippen LogP contribution in [0.3, 0.4) is 0 Å². The normalized spacial score (nSPS) is 16.0. The van der Waals surface area contributed by atoms with E-state index in [1.807, 2.05) is 36.7 Å². The zero-order chi connectivity index (χ0) is 14.7. The Morgan fingerprint density at radius 3 is 2.57 bits per heavy atom. The first kappa shape index (κ1) is 13.7. The number of methoxy groups -OCH3 is 1. The molecule has 0 unspecified atom stereocenters. The van der Waals surface area contributed by atoms with Crippen LogP contribution in [0.15, 0.2) is 36.7 Å². The molecule has 0 radical (unpaired) electrons. The number of hydrogen-bond donors (Lipinski definition) is 1. The lowest BCUT2D eigenvalue weighted by molar-refractivity contribution is 0.0600. The molecule has 1 aliphatic heterocycles. The summed E-state index contributed by atoms with van der Waals surface area (Å²) in [4.78, 5) is 13.8. The minimum absolute atomic E-state index is 0.281. The molecule has 1 saturated heterocycles. The average Bonchev–Trinajstić information content (AvgIpc) is 3.09. The quantitative estimate of drug-likeness (QED) is 0.881. The first-order valence-electron chi connectivity index (χ1n) is 7.20. The van der Waals surface area contributed by atoms with E-state index in [1.165, 1.54) is 12.7 Å². The van der Waals surface area contributed by atoms with Crippen molar-refractivity contribution >= 4 is 11.7 Å². The van der Waals surface area contributed by atoms with Crippen LogP contribution in [0.4, 0.5) is 5.69 Å². The number of carbonyl (C=O) groups excluding carboxylic acids is 1. The first-order chi connectivity index (χ1) is 10.3. The van der Waals surface area contributed by atoms with E-state index in [9.17, 15) is 4.79 Å². The van der Waals surface area contributed by atoms with E-state index >= 15 is 0 Å². The third kappa shape index (κ3) is 2.91. The molecule has 0 saturated carbocycles. The summed E-state index contributed by atoms with van der Waals surface area (Å²) in [5.74, 6) is 0.274. The number of aromatic amines is 1. The Balaban J connectivity index is 1.63. The number of nitrogens with one attached hydrogen (secondary N) is 1. The summed E-state index contributed by atoms with van der Waals surface area (Å²) in [5, 5.41) is 6.86. The maximum atomic E-state index is 11.4. The number of esters is 1. The van der Waals surface area contributed by atoms with Gasteiger partial charge in [0.2, 0.25) is 0 Å². The number of H-pyrrole nitrogens is 1. The molecule has 0 atom stereocenters. The number of rotatable bonds is 3. The van der Waals surface area contributed by atoms with E-state index in [-0.39, 0.29) is 5.97 Å². The van der Waals surface area contributed by atoms with Gasteiger partial charge in [0.15, 0.2) is 0 Å². The monoisotopic (exact) mass is 285 g/mol. The van der Waals surface area contributed by atoms with E-state index in [0.29, 0.717) is 11.5 Å². The van der Waals surface area contributed by atoms with Gasteiger partial charge in [0.1, 0.15) is 0 Å². The van der Waals surface area contributed by atoms with E-state index in [4.69, 9.17) is 4.74 Å². The standard InChI is InChI=1S/C16H19N3O2/c1-21-16(20)14-4-2-12(3-5-14)13-6-8-19(9-7-13)15-10-17-18-11-15/h2-5,10-11,13H,6-9H2,1H3,(H,17,18). The number of nitrogens with zero attached hydrogens (tertiary/aromatic N) is 2. The minimum atomic E-state index is -0.281. The Labute approximate surface area is 123 Å². The fourth-order valence-electron chi connectivity index (χ4n) is 2.90. The number of hydrogen-bond acceptors (Lipinski definition) is 4. The molecule has 3 rings (SSSR count). The molecule has 0 aliphatic carbocycles. The van der Waals surface area contributed by atoms with Crippen LogP contribution in [0.5, 0.6) is 0 Å². The van der Waals surface area contributed by atoms with E-state index in [0.717, 1.165) is 31.6 Å². The SMILES string of the molecule is COC(=O)c1ccc(C2CCN(c3cn[nH]c3)CC2)cc1. The van der Waals surface area contributed by atoms with Crippen LogP contribution in [-0.2, 0) is 4.74 Å². The van der Waals surface area contributed by atoms with Crippen LogP contribution in [-0.4, -0.2) is 36.4 Å². The topological polar surface area (TPSA) is 58.2 Å². The molecular weight excluding hydrogens is 266 g/mol. The molecule has 2 aromatic rings. The highest BCUT2D eigenvalue weighted by Crippen LogP contribution is 2.30. The summed E-state index contributed by atoms with van der Waals surface area (Å²) in [6, 6.07) is 7.79. The number of carbonyl (C=O) groups is 1. The van der Waals surface area contributed by atoms with Gasteiger partial charge in [-0.3, -0.25) is 5.10 Å². The summed E-state index contributed by atoms with van der Waals surface area (Å²) in [7, 11) is 1.40. The summed E-state index contributed by atoms with van der Waals surface area (Å²) in [6.07, 6.45) is 6.03. The van der Waals surface area contributed by atoms with E-state index in [1.54, 1.807) is 0 Å². The molecule has 0 amide bonds. The Bertz CT molecular complexity index is 584. The number of anilines is 1. The first-order valence-corrected chi connectivity index (χ1v) is 7.20. The van der Waals surface area contributed by atoms with Gasteiger partial charge in [0.05, 0.1) is 24.6 Å². The fourth-order valence-corrected chi connectivity index (χ4v) is 2.90. The molecule has 1 fully saturated rings. The van der Waals surface area contributed by atoms with Gasteiger partial charge < -0.3 is 9.64 Å². The average molecular weight is 285 g/mol. The predicted octanol–water partition coefficient (Wildman–Crippen LogP) is 2.58. The highest BCUT2D eigenvalue weighted by Gasteiger charge is 2.21. The second-order valence-electron chi connectivity index (χ2n) is 5.33. The second kappa shape index (κ2) is 5.99. The van der Waals surface area contributed by atoms with Crippen molar-refractivity contribution in [2.75, 3.05) is 25.1 Å². The minimum Gasteiger partial charge on any atom is -0.465 e. The molecule has 2 heterocycles. The highest BCUT2D eigenvalue weighted by atomic mass is 16.5. The van der Waals surface area contributed by atoms with Crippen molar-refractivity contribution in [2.24, 2.45) is 0 Å². The van der Waals surface area contributed by atoms with Gasteiger partial charge in [-0.05, 0) is 36.5 Å². The molecule has 1 aromatic heterocycles. The van der Waals surface area contributed by atoms with Gasteiger partial charge in [-0.2, -0.15) is 5.10 Å². The molecule has 0 bridgehead atoms. The Morgan fingerprint density at radius 1 is 1.29 bits per heavy atom. The molecule has 1 aliphatic rings. The van der Waals surface area contributed by atoms with E-state index in [2.05, 4.69) is 15.1 Å². The summed E-state index contributed by atoms with van der Waals surface area (Å²) >= 11 is 0. The van der Waals surface area contributed by atoms with Crippen molar-refractivity contribution in [2.45, 2.75) is 18.8 Å². The number of ether oxygens (including phenoxy) is 1. The van der Waals surface area contributed by atoms with Crippen LogP contribution in [0.25, 0.3) is 0 Å². The van der Waals surface area contributed by atoms with Crippen molar-refractivity contribution in [3.8, 4) is 0 Å². The molecular formula is C16H19N3O2. The van der Waals surface area contributed by atoms with Gasteiger partial charge in [-0.1, -0.05) is 12.1 Å². The van der Waals surface area contributed by atoms with Crippen molar-refractivity contribution in [1.82, 2.24) is 10.2 Å². The molecule has 1 N–H and O–H groups in total. The lowest BCUT2D eigenvalue weighted by Crippen LogP contribution is -2.32. The van der Waals surface area contributed by atoms with Crippen LogP contribution < -0.4 is 4.90 Å². The van der Waals surface area contributed by atoms with E-state index < -0.39 is 0 Å². The van der Waals surface area contributed by atoms with Gasteiger partial charge in [-0.25, -0.2) is 4.79 Å². The van der Waals surface area contributed by atoms with Crippen LogP contribution in [0.2, 0.25) is 0 Å². The Kier molecular flexibility index (Phi) is 3.90. The Morgan fingerprint density at radius 2 is 2.00 bits per heavy atom. The highest BCUT2D eigenvalue weighted by molar-refractivity contribution is 5.89. The lowest BCUT2D eigenvalue weighted by Gasteiger charge is -2.32. The van der Waals surface area contributed by atoms with Gasteiger partial charge in [0.25, 0.3) is 0 Å². The molecule has 1 aromatic carbocycles. The van der Waals surface area contributed by atoms with Gasteiger partial charge in [-0.15, -0.1) is 0 Å². The predicted molar refractivity (Wildman–Crippen MR) is 80.6 cm³/mol. The lowest BCUT2D eigenvalue weighted by atomic mass is 9.89. The van der Waals surface area contributed by atoms with Gasteiger partial charge in [0, 0.05) is 19.3 Å². The maximum Gasteiger partial charge on any atom is 0.337 e. The maximum absolute atomic E-state index is 11.4. The van der Waals surface area contributed by atoms with Crippen LogP contribution in [0, 0.1) is 0 Å².